The molecular formula is C13H24N4O. The van der Waals surface area contributed by atoms with Crippen LogP contribution in [0.1, 0.15) is 33.6 Å². The van der Waals surface area contributed by atoms with E-state index in [1.165, 1.54) is 0 Å². The van der Waals surface area contributed by atoms with Crippen LogP contribution in [0.15, 0.2) is 18.7 Å². The molecule has 0 aliphatic heterocycles. The van der Waals surface area contributed by atoms with Crippen molar-refractivity contribution in [3.8, 4) is 0 Å². The second kappa shape index (κ2) is 7.16. The van der Waals surface area contributed by atoms with Gasteiger partial charge in [0.05, 0.1) is 6.33 Å². The summed E-state index contributed by atoms with van der Waals surface area (Å²) in [5.74, 6) is 0.101. The number of nitrogens with zero attached hydrogens (tertiary/aromatic N) is 2. The van der Waals surface area contributed by atoms with Crippen molar-refractivity contribution in [1.82, 2.24) is 20.2 Å². The number of hydrogen-bond donors (Lipinski definition) is 2. The molecular weight excluding hydrogens is 228 g/mol. The standard InChI is InChI=1S/C13H24N4O/c1-13(2,3)16-12(18)5-7-14-6-4-9-17-10-8-15-11-17/h8,10-11,14H,4-7,9H2,1-3H3,(H,16,18). The number of aryl methyl sites for hydroxylation is 1. The van der Waals surface area contributed by atoms with E-state index < -0.39 is 0 Å². The van der Waals surface area contributed by atoms with Crippen LogP contribution in [0.25, 0.3) is 0 Å². The van der Waals surface area contributed by atoms with Gasteiger partial charge in [-0.3, -0.25) is 4.79 Å². The second-order valence-electron chi connectivity index (χ2n) is 5.45. The lowest BCUT2D eigenvalue weighted by Gasteiger charge is -2.20. The number of nitrogens with one attached hydrogen (secondary N) is 2. The van der Waals surface area contributed by atoms with E-state index in [9.17, 15) is 4.79 Å². The topological polar surface area (TPSA) is 59.0 Å². The van der Waals surface area contributed by atoms with Gasteiger partial charge in [-0.2, -0.15) is 0 Å². The van der Waals surface area contributed by atoms with Crippen molar-refractivity contribution < 1.29 is 4.79 Å². The molecule has 18 heavy (non-hydrogen) atoms. The average Bonchev–Trinajstić information content (AvgIpc) is 2.73. The number of amides is 1. The molecule has 0 fully saturated rings. The molecule has 0 spiro atoms. The fraction of sp³-hybridized carbons (Fsp3) is 0.692. The number of aromatic nitrogens is 2. The monoisotopic (exact) mass is 252 g/mol. The fourth-order valence-corrected chi connectivity index (χ4v) is 1.61. The summed E-state index contributed by atoms with van der Waals surface area (Å²) in [6.07, 6.45) is 7.12. The van der Waals surface area contributed by atoms with Gasteiger partial charge >= 0.3 is 0 Å². The van der Waals surface area contributed by atoms with E-state index in [0.717, 1.165) is 26.1 Å². The molecule has 0 bridgehead atoms. The van der Waals surface area contributed by atoms with E-state index in [1.54, 1.807) is 6.20 Å². The molecule has 1 amide bonds. The normalized spacial score (nSPS) is 11.5. The number of hydrogen-bond acceptors (Lipinski definition) is 3. The largest absolute Gasteiger partial charge is 0.351 e. The van der Waals surface area contributed by atoms with Gasteiger partial charge in [0.2, 0.25) is 5.91 Å². The highest BCUT2D eigenvalue weighted by Gasteiger charge is 2.12. The average molecular weight is 252 g/mol. The van der Waals surface area contributed by atoms with Crippen LogP contribution in [0.3, 0.4) is 0 Å². The smallest absolute Gasteiger partial charge is 0.221 e. The van der Waals surface area contributed by atoms with Crippen molar-refractivity contribution in [2.24, 2.45) is 0 Å². The van der Waals surface area contributed by atoms with Gasteiger partial charge in [-0.1, -0.05) is 0 Å². The van der Waals surface area contributed by atoms with Gasteiger partial charge in [0.1, 0.15) is 0 Å². The Kier molecular flexibility index (Phi) is 5.85. The summed E-state index contributed by atoms with van der Waals surface area (Å²) in [5.41, 5.74) is -0.140. The van der Waals surface area contributed by atoms with Crippen LogP contribution in [0.2, 0.25) is 0 Å². The number of carbonyl (C=O) groups excluding carboxylic acids is 1. The maximum absolute atomic E-state index is 11.5. The Morgan fingerprint density at radius 1 is 1.33 bits per heavy atom. The van der Waals surface area contributed by atoms with Crippen LogP contribution in [-0.2, 0) is 11.3 Å². The second-order valence-corrected chi connectivity index (χ2v) is 5.45. The highest BCUT2D eigenvalue weighted by Crippen LogP contribution is 1.98. The van der Waals surface area contributed by atoms with E-state index in [4.69, 9.17) is 0 Å². The van der Waals surface area contributed by atoms with Crippen LogP contribution in [0, 0.1) is 0 Å². The van der Waals surface area contributed by atoms with Crippen LogP contribution in [-0.4, -0.2) is 34.1 Å². The third-order valence-electron chi connectivity index (χ3n) is 2.37. The lowest BCUT2D eigenvalue weighted by Crippen LogP contribution is -2.41. The van der Waals surface area contributed by atoms with Crippen molar-refractivity contribution in [3.05, 3.63) is 18.7 Å². The molecule has 0 unspecified atom stereocenters. The number of rotatable bonds is 7. The van der Waals surface area contributed by atoms with Crippen LogP contribution < -0.4 is 10.6 Å². The van der Waals surface area contributed by atoms with E-state index in [-0.39, 0.29) is 11.4 Å². The highest BCUT2D eigenvalue weighted by atomic mass is 16.1. The predicted molar refractivity (Wildman–Crippen MR) is 72.2 cm³/mol. The van der Waals surface area contributed by atoms with Crippen LogP contribution in [0.5, 0.6) is 0 Å². The summed E-state index contributed by atoms with van der Waals surface area (Å²) in [7, 11) is 0. The van der Waals surface area contributed by atoms with Gasteiger partial charge in [0.25, 0.3) is 0 Å². The Balaban J connectivity index is 1.97. The molecule has 2 N–H and O–H groups in total. The molecule has 1 aromatic heterocycles. The van der Waals surface area contributed by atoms with E-state index in [1.807, 2.05) is 37.9 Å². The lowest BCUT2D eigenvalue weighted by molar-refractivity contribution is -0.122. The molecule has 0 radical (unpaired) electrons. The number of imidazole rings is 1. The predicted octanol–water partition coefficient (Wildman–Crippen LogP) is 1.17. The van der Waals surface area contributed by atoms with E-state index in [0.29, 0.717) is 6.42 Å². The lowest BCUT2D eigenvalue weighted by atomic mass is 10.1. The minimum Gasteiger partial charge on any atom is -0.351 e. The molecule has 0 saturated heterocycles. The van der Waals surface area contributed by atoms with Gasteiger partial charge in [-0.15, -0.1) is 0 Å². The van der Waals surface area contributed by atoms with Gasteiger partial charge in [0.15, 0.2) is 0 Å². The first kappa shape index (κ1) is 14.7. The molecule has 0 aromatic carbocycles. The zero-order chi connectivity index (χ0) is 13.4. The molecule has 1 heterocycles. The third kappa shape index (κ3) is 7.06. The van der Waals surface area contributed by atoms with Crippen molar-refractivity contribution in [2.75, 3.05) is 13.1 Å². The maximum atomic E-state index is 11.5. The maximum Gasteiger partial charge on any atom is 0.221 e. The summed E-state index contributed by atoms with van der Waals surface area (Å²) in [4.78, 5) is 15.5. The first-order valence-electron chi connectivity index (χ1n) is 6.45. The molecule has 0 atom stereocenters. The minimum absolute atomic E-state index is 0.101. The number of carbonyl (C=O) groups is 1. The molecule has 5 heteroatoms. The zero-order valence-electron chi connectivity index (χ0n) is 11.6. The van der Waals surface area contributed by atoms with Crippen molar-refractivity contribution in [1.29, 1.82) is 0 Å². The Morgan fingerprint density at radius 2 is 2.11 bits per heavy atom. The molecule has 0 aliphatic carbocycles. The first-order valence-corrected chi connectivity index (χ1v) is 6.45. The van der Waals surface area contributed by atoms with Gasteiger partial charge < -0.3 is 15.2 Å². The minimum atomic E-state index is -0.140. The van der Waals surface area contributed by atoms with Crippen molar-refractivity contribution >= 4 is 5.91 Å². The highest BCUT2D eigenvalue weighted by molar-refractivity contribution is 5.76. The fourth-order valence-electron chi connectivity index (χ4n) is 1.61. The summed E-state index contributed by atoms with van der Waals surface area (Å²) in [6.45, 7) is 8.57. The van der Waals surface area contributed by atoms with Gasteiger partial charge in [0, 0.05) is 37.4 Å². The molecule has 102 valence electrons. The van der Waals surface area contributed by atoms with Crippen molar-refractivity contribution in [2.45, 2.75) is 45.7 Å². The summed E-state index contributed by atoms with van der Waals surface area (Å²) in [6, 6.07) is 0. The molecule has 1 aromatic rings. The Labute approximate surface area is 109 Å². The summed E-state index contributed by atoms with van der Waals surface area (Å²) < 4.78 is 2.05. The molecule has 1 rings (SSSR count). The van der Waals surface area contributed by atoms with Crippen molar-refractivity contribution in [3.63, 3.8) is 0 Å². The SMILES string of the molecule is CC(C)(C)NC(=O)CCNCCCn1ccnc1. The third-order valence-corrected chi connectivity index (χ3v) is 2.37. The molecule has 0 aliphatic rings. The first-order chi connectivity index (χ1) is 8.47. The molecule has 0 saturated carbocycles. The summed E-state index contributed by atoms with van der Waals surface area (Å²) >= 11 is 0. The quantitative estimate of drug-likeness (QED) is 0.716. The van der Waals surface area contributed by atoms with Gasteiger partial charge in [-0.25, -0.2) is 4.98 Å². The zero-order valence-corrected chi connectivity index (χ0v) is 11.6. The Hall–Kier alpha value is -1.36. The molecule has 5 nitrogen and oxygen atoms in total. The van der Waals surface area contributed by atoms with Gasteiger partial charge in [-0.05, 0) is 33.7 Å². The van der Waals surface area contributed by atoms with E-state index in [2.05, 4.69) is 15.6 Å². The van der Waals surface area contributed by atoms with Crippen LogP contribution >= 0.6 is 0 Å². The Morgan fingerprint density at radius 3 is 2.72 bits per heavy atom. The Bertz CT molecular complexity index is 340. The van der Waals surface area contributed by atoms with E-state index >= 15 is 0 Å². The summed E-state index contributed by atoms with van der Waals surface area (Å²) in [5, 5.41) is 6.21. The van der Waals surface area contributed by atoms with Crippen LogP contribution in [0.4, 0.5) is 0 Å².